The number of hydroxylamine groups is 2. The first kappa shape index (κ1) is 4.76. The van der Waals surface area contributed by atoms with Gasteiger partial charge in [-0.15, -0.1) is 0 Å². The Morgan fingerprint density at radius 2 is 1.67 bits per heavy atom. The quantitative estimate of drug-likeness (QED) is 0.300. The SMILES string of the molecule is CN1ON(C)[I-]1. The van der Waals surface area contributed by atoms with E-state index in [4.69, 9.17) is 4.94 Å². The third kappa shape index (κ3) is 0.810. The van der Waals surface area contributed by atoms with E-state index in [0.717, 1.165) is 0 Å². The van der Waals surface area contributed by atoms with E-state index in [1.807, 2.05) is 20.6 Å². The molecule has 0 aromatic carbocycles. The van der Waals surface area contributed by atoms with E-state index >= 15 is 0 Å². The molecule has 1 saturated heterocycles. The summed E-state index contributed by atoms with van der Waals surface area (Å²) in [5.41, 5.74) is 0. The van der Waals surface area contributed by atoms with Crippen molar-refractivity contribution in [2.24, 2.45) is 0 Å². The zero-order chi connectivity index (χ0) is 4.57. The molecular formula is C2H6IN2O-. The van der Waals surface area contributed by atoms with Crippen molar-refractivity contribution in [1.29, 1.82) is 0 Å². The third-order valence-corrected chi connectivity index (χ3v) is 2.01. The molecule has 1 aliphatic rings. The molecule has 1 rings (SSSR count). The molecule has 0 aliphatic carbocycles. The van der Waals surface area contributed by atoms with Crippen molar-refractivity contribution in [2.45, 2.75) is 0 Å². The van der Waals surface area contributed by atoms with E-state index < -0.39 is 0 Å². The molecule has 0 atom stereocenters. The van der Waals surface area contributed by atoms with E-state index in [-0.39, 0.29) is 21.8 Å². The maximum absolute atomic E-state index is 4.85. The van der Waals surface area contributed by atoms with Crippen LogP contribution in [0.3, 0.4) is 0 Å². The van der Waals surface area contributed by atoms with Gasteiger partial charge in [-0.3, -0.25) is 0 Å². The van der Waals surface area contributed by atoms with Gasteiger partial charge >= 0.3 is 47.3 Å². The fourth-order valence-corrected chi connectivity index (χ4v) is 1.62. The molecule has 0 unspecified atom stereocenters. The van der Waals surface area contributed by atoms with Crippen LogP contribution in [0, 0.1) is 0 Å². The number of halogens is 1. The zero-order valence-electron chi connectivity index (χ0n) is 3.68. The Kier molecular flexibility index (Phi) is 1.28. The van der Waals surface area contributed by atoms with Gasteiger partial charge in [-0.2, -0.15) is 0 Å². The van der Waals surface area contributed by atoms with Gasteiger partial charge in [0.2, 0.25) is 0 Å². The van der Waals surface area contributed by atoms with Gasteiger partial charge in [-0.25, -0.2) is 0 Å². The topological polar surface area (TPSA) is 15.7 Å². The average molecular weight is 201 g/mol. The van der Waals surface area contributed by atoms with Gasteiger partial charge in [0, 0.05) is 0 Å². The summed E-state index contributed by atoms with van der Waals surface area (Å²) in [6.07, 6.45) is 0. The van der Waals surface area contributed by atoms with Crippen LogP contribution < -0.4 is 21.8 Å². The van der Waals surface area contributed by atoms with Crippen LogP contribution in [-0.2, 0) is 4.94 Å². The summed E-state index contributed by atoms with van der Waals surface area (Å²) in [6.45, 7) is 0. The standard InChI is InChI=1S/C2H6IN2O/c1-4-3-5(2)6-4/h1-2H3/q-1. The first-order valence-corrected chi connectivity index (χ1v) is 3.53. The molecule has 1 fully saturated rings. The summed E-state index contributed by atoms with van der Waals surface area (Å²) in [6, 6.07) is 0. The maximum atomic E-state index is 4.85. The molecule has 0 amide bonds. The molecule has 3 nitrogen and oxygen atoms in total. The molecule has 0 aromatic rings. The van der Waals surface area contributed by atoms with Crippen molar-refractivity contribution in [1.82, 2.24) is 6.55 Å². The van der Waals surface area contributed by atoms with Gasteiger partial charge < -0.3 is 0 Å². The molecule has 0 saturated carbocycles. The summed E-state index contributed by atoms with van der Waals surface area (Å²) in [7, 11) is 3.88. The van der Waals surface area contributed by atoms with E-state index in [9.17, 15) is 0 Å². The second kappa shape index (κ2) is 1.61. The van der Waals surface area contributed by atoms with Gasteiger partial charge in [-0.05, 0) is 0 Å². The minimum absolute atomic E-state index is 0.110. The average Bonchev–Trinajstić information content (AvgIpc) is 1.33. The molecule has 0 N–H and O–H groups in total. The summed E-state index contributed by atoms with van der Waals surface area (Å²) in [4.78, 5) is 4.85. The van der Waals surface area contributed by atoms with Gasteiger partial charge in [0.1, 0.15) is 0 Å². The van der Waals surface area contributed by atoms with E-state index in [0.29, 0.717) is 0 Å². The van der Waals surface area contributed by atoms with Crippen LogP contribution in [0.5, 0.6) is 0 Å². The molecule has 1 aliphatic heterocycles. The van der Waals surface area contributed by atoms with Crippen molar-refractivity contribution < 1.29 is 26.7 Å². The van der Waals surface area contributed by atoms with Crippen LogP contribution in [-0.4, -0.2) is 20.6 Å². The fourth-order valence-electron chi connectivity index (χ4n) is 0.312. The Morgan fingerprint density at radius 1 is 1.33 bits per heavy atom. The second-order valence-corrected chi connectivity index (χ2v) is 4.15. The Morgan fingerprint density at radius 3 is 1.67 bits per heavy atom. The van der Waals surface area contributed by atoms with Gasteiger partial charge in [0.05, 0.1) is 0 Å². The molecule has 0 aromatic heterocycles. The molecule has 0 bridgehead atoms. The van der Waals surface area contributed by atoms with E-state index in [2.05, 4.69) is 0 Å². The third-order valence-electron chi connectivity index (χ3n) is 0.438. The Labute approximate surface area is 47.7 Å². The normalized spacial score (nSPS) is 28.3. The number of rotatable bonds is 0. The first-order valence-electron chi connectivity index (χ1n) is 1.60. The molecule has 1 heterocycles. The van der Waals surface area contributed by atoms with E-state index in [1.54, 1.807) is 0 Å². The number of hydrogen-bond acceptors (Lipinski definition) is 3. The summed E-state index contributed by atoms with van der Waals surface area (Å²) in [5.74, 6) is 0. The van der Waals surface area contributed by atoms with Crippen molar-refractivity contribution in [3.05, 3.63) is 0 Å². The predicted octanol–water partition coefficient (Wildman–Crippen LogP) is -3.37. The molecule has 4 heteroatoms. The Balaban J connectivity index is 2.11. The van der Waals surface area contributed by atoms with Crippen LogP contribution in [0.1, 0.15) is 0 Å². The Bertz CT molecular complexity index is 47.5. The fraction of sp³-hybridized carbons (Fsp3) is 1.00. The monoisotopic (exact) mass is 201 g/mol. The molecule has 0 spiro atoms. The molecule has 6 heavy (non-hydrogen) atoms. The number of hydrogen-bond donors (Lipinski definition) is 0. The molecular weight excluding hydrogens is 195 g/mol. The summed E-state index contributed by atoms with van der Waals surface area (Å²) < 4.78 is 3.72. The zero-order valence-corrected chi connectivity index (χ0v) is 5.84. The predicted molar refractivity (Wildman–Crippen MR) is 16.6 cm³/mol. The van der Waals surface area contributed by atoms with Gasteiger partial charge in [0.15, 0.2) is 0 Å². The van der Waals surface area contributed by atoms with Crippen LogP contribution in [0.15, 0.2) is 0 Å². The number of nitrogens with zero attached hydrogens (tertiary/aromatic N) is 2. The van der Waals surface area contributed by atoms with Gasteiger partial charge in [0.25, 0.3) is 0 Å². The van der Waals surface area contributed by atoms with Crippen molar-refractivity contribution in [3.8, 4) is 0 Å². The molecule has 38 valence electrons. The van der Waals surface area contributed by atoms with Crippen molar-refractivity contribution in [2.75, 3.05) is 14.1 Å². The Hall–Kier alpha value is 0.610. The van der Waals surface area contributed by atoms with Crippen molar-refractivity contribution >= 4 is 0 Å². The molecule has 0 radical (unpaired) electrons. The van der Waals surface area contributed by atoms with Crippen LogP contribution in [0.4, 0.5) is 0 Å². The second-order valence-electron chi connectivity index (χ2n) is 0.998. The summed E-state index contributed by atoms with van der Waals surface area (Å²) >= 11 is 0.110. The van der Waals surface area contributed by atoms with Crippen molar-refractivity contribution in [3.63, 3.8) is 0 Å². The minimum atomic E-state index is 0.110. The first-order chi connectivity index (χ1) is 2.79. The van der Waals surface area contributed by atoms with Crippen LogP contribution in [0.2, 0.25) is 0 Å². The van der Waals surface area contributed by atoms with Crippen LogP contribution in [0.25, 0.3) is 0 Å². The van der Waals surface area contributed by atoms with Gasteiger partial charge in [-0.1, -0.05) is 0 Å². The summed E-state index contributed by atoms with van der Waals surface area (Å²) in [5, 5.41) is 0. The van der Waals surface area contributed by atoms with E-state index in [1.165, 1.54) is 0 Å². The van der Waals surface area contributed by atoms with Crippen LogP contribution >= 0.6 is 0 Å².